The van der Waals surface area contributed by atoms with Gasteiger partial charge in [-0.25, -0.2) is 0 Å². The third kappa shape index (κ3) is 3.93. The Morgan fingerprint density at radius 1 is 1.29 bits per heavy atom. The number of fused-ring (bicyclic) bond motifs is 1. The monoisotopic (exact) mass is 381 g/mol. The lowest BCUT2D eigenvalue weighted by Crippen LogP contribution is -2.36. The van der Waals surface area contributed by atoms with Crippen LogP contribution < -0.4 is 5.32 Å². The number of rotatable bonds is 7. The van der Waals surface area contributed by atoms with Crippen LogP contribution in [0.25, 0.3) is 0 Å². The first-order chi connectivity index (χ1) is 13.7. The van der Waals surface area contributed by atoms with Crippen LogP contribution in [0.2, 0.25) is 0 Å². The van der Waals surface area contributed by atoms with Gasteiger partial charge in [0.05, 0.1) is 23.0 Å². The molecule has 7 heteroatoms. The lowest BCUT2D eigenvalue weighted by atomic mass is 9.94. The number of carbonyl (C=O) groups is 2. The summed E-state index contributed by atoms with van der Waals surface area (Å²) in [6.45, 7) is 4.29. The SMILES string of the molecule is CCCN(C(=O)c1cnn2c1C[C@H](CNC(=O)c1cccnc1)CC2)C1CC1. The quantitative estimate of drug-likeness (QED) is 0.798. The summed E-state index contributed by atoms with van der Waals surface area (Å²) >= 11 is 0. The van der Waals surface area contributed by atoms with Gasteiger partial charge in [-0.3, -0.25) is 19.3 Å². The molecule has 0 aromatic carbocycles. The molecule has 0 saturated heterocycles. The minimum Gasteiger partial charge on any atom is -0.352 e. The molecular weight excluding hydrogens is 354 g/mol. The molecule has 1 atom stereocenters. The minimum atomic E-state index is -0.105. The number of amides is 2. The van der Waals surface area contributed by atoms with E-state index in [2.05, 4.69) is 22.3 Å². The van der Waals surface area contributed by atoms with Crippen LogP contribution >= 0.6 is 0 Å². The maximum absolute atomic E-state index is 13.1. The summed E-state index contributed by atoms with van der Waals surface area (Å²) in [5.74, 6) is 0.314. The summed E-state index contributed by atoms with van der Waals surface area (Å²) in [5, 5.41) is 7.46. The second kappa shape index (κ2) is 8.12. The highest BCUT2D eigenvalue weighted by Gasteiger charge is 2.35. The number of hydrogen-bond acceptors (Lipinski definition) is 4. The molecule has 0 radical (unpaired) electrons. The molecule has 0 bridgehead atoms. The van der Waals surface area contributed by atoms with Crippen LogP contribution in [-0.2, 0) is 13.0 Å². The average molecular weight is 381 g/mol. The van der Waals surface area contributed by atoms with E-state index in [1.165, 1.54) is 0 Å². The smallest absolute Gasteiger partial charge is 0.257 e. The Hall–Kier alpha value is -2.70. The third-order valence-electron chi connectivity index (χ3n) is 5.60. The Balaban J connectivity index is 1.41. The maximum atomic E-state index is 13.1. The molecule has 4 rings (SSSR count). The van der Waals surface area contributed by atoms with Gasteiger partial charge < -0.3 is 10.2 Å². The van der Waals surface area contributed by atoms with Gasteiger partial charge in [0.2, 0.25) is 0 Å². The van der Waals surface area contributed by atoms with Crippen LogP contribution in [0.4, 0.5) is 0 Å². The van der Waals surface area contributed by atoms with E-state index in [0.717, 1.165) is 56.5 Å². The molecule has 0 spiro atoms. The predicted octanol–water partition coefficient (Wildman–Crippen LogP) is 2.29. The lowest BCUT2D eigenvalue weighted by molar-refractivity contribution is 0.0740. The number of nitrogens with zero attached hydrogens (tertiary/aromatic N) is 4. The maximum Gasteiger partial charge on any atom is 0.257 e. The number of nitrogens with one attached hydrogen (secondary N) is 1. The fourth-order valence-electron chi connectivity index (χ4n) is 3.92. The van der Waals surface area contributed by atoms with E-state index in [9.17, 15) is 9.59 Å². The van der Waals surface area contributed by atoms with Gasteiger partial charge in [0.1, 0.15) is 0 Å². The van der Waals surface area contributed by atoms with Gasteiger partial charge in [0.15, 0.2) is 0 Å². The van der Waals surface area contributed by atoms with Crippen LogP contribution in [0.15, 0.2) is 30.7 Å². The first-order valence-corrected chi connectivity index (χ1v) is 10.2. The van der Waals surface area contributed by atoms with Crippen LogP contribution in [0.5, 0.6) is 0 Å². The largest absolute Gasteiger partial charge is 0.352 e. The van der Waals surface area contributed by atoms with Gasteiger partial charge in [-0.15, -0.1) is 0 Å². The molecule has 1 aliphatic heterocycles. The summed E-state index contributed by atoms with van der Waals surface area (Å²) in [4.78, 5) is 31.4. The number of aryl methyl sites for hydroxylation is 1. The Morgan fingerprint density at radius 3 is 2.86 bits per heavy atom. The van der Waals surface area contributed by atoms with E-state index >= 15 is 0 Å². The highest BCUT2D eigenvalue weighted by molar-refractivity contribution is 5.95. The number of hydrogen-bond donors (Lipinski definition) is 1. The van der Waals surface area contributed by atoms with E-state index in [0.29, 0.717) is 24.1 Å². The van der Waals surface area contributed by atoms with Crippen LogP contribution in [0.3, 0.4) is 0 Å². The van der Waals surface area contributed by atoms with Gasteiger partial charge >= 0.3 is 0 Å². The molecule has 2 aromatic heterocycles. The van der Waals surface area contributed by atoms with E-state index < -0.39 is 0 Å². The molecule has 1 N–H and O–H groups in total. The summed E-state index contributed by atoms with van der Waals surface area (Å²) in [6, 6.07) is 3.92. The highest BCUT2D eigenvalue weighted by Crippen LogP contribution is 2.30. The molecule has 7 nitrogen and oxygen atoms in total. The van der Waals surface area contributed by atoms with Crippen molar-refractivity contribution in [3.05, 3.63) is 47.5 Å². The number of carbonyl (C=O) groups excluding carboxylic acids is 2. The van der Waals surface area contributed by atoms with Crippen molar-refractivity contribution in [3.63, 3.8) is 0 Å². The first kappa shape index (κ1) is 18.7. The Labute approximate surface area is 165 Å². The van der Waals surface area contributed by atoms with Gasteiger partial charge in [-0.05, 0) is 50.2 Å². The second-order valence-electron chi connectivity index (χ2n) is 7.77. The van der Waals surface area contributed by atoms with Crippen molar-refractivity contribution < 1.29 is 9.59 Å². The molecule has 0 unspecified atom stereocenters. The van der Waals surface area contributed by atoms with E-state index in [-0.39, 0.29) is 11.8 Å². The molecule has 1 aliphatic carbocycles. The normalized spacial score (nSPS) is 18.4. The Kier molecular flexibility index (Phi) is 5.41. The number of aromatic nitrogens is 3. The van der Waals surface area contributed by atoms with E-state index in [4.69, 9.17) is 0 Å². The van der Waals surface area contributed by atoms with Crippen LogP contribution in [-0.4, -0.2) is 50.6 Å². The van der Waals surface area contributed by atoms with Crippen molar-refractivity contribution in [2.75, 3.05) is 13.1 Å². The zero-order valence-corrected chi connectivity index (χ0v) is 16.3. The van der Waals surface area contributed by atoms with Crippen molar-refractivity contribution in [2.45, 2.75) is 51.6 Å². The van der Waals surface area contributed by atoms with E-state index in [1.807, 2.05) is 9.58 Å². The zero-order valence-electron chi connectivity index (χ0n) is 16.3. The van der Waals surface area contributed by atoms with Crippen molar-refractivity contribution in [1.29, 1.82) is 0 Å². The zero-order chi connectivity index (χ0) is 19.5. The van der Waals surface area contributed by atoms with Crippen LogP contribution in [0, 0.1) is 5.92 Å². The Morgan fingerprint density at radius 2 is 2.14 bits per heavy atom. The summed E-state index contributed by atoms with van der Waals surface area (Å²) in [5.41, 5.74) is 2.32. The fourth-order valence-corrected chi connectivity index (χ4v) is 3.92. The van der Waals surface area contributed by atoms with Gasteiger partial charge in [-0.1, -0.05) is 6.92 Å². The number of pyridine rings is 1. The molecule has 2 aromatic rings. The first-order valence-electron chi connectivity index (χ1n) is 10.2. The molecular formula is C21H27N5O2. The van der Waals surface area contributed by atoms with Crippen molar-refractivity contribution >= 4 is 11.8 Å². The second-order valence-corrected chi connectivity index (χ2v) is 7.77. The fraction of sp³-hybridized carbons (Fsp3) is 0.524. The summed E-state index contributed by atoms with van der Waals surface area (Å²) < 4.78 is 1.96. The molecule has 1 fully saturated rings. The molecule has 28 heavy (non-hydrogen) atoms. The van der Waals surface area contributed by atoms with Crippen molar-refractivity contribution in [2.24, 2.45) is 5.92 Å². The van der Waals surface area contributed by atoms with Crippen molar-refractivity contribution in [3.8, 4) is 0 Å². The molecule has 2 aliphatic rings. The van der Waals surface area contributed by atoms with Gasteiger partial charge in [0, 0.05) is 38.1 Å². The summed E-state index contributed by atoms with van der Waals surface area (Å²) in [6.07, 6.45) is 9.85. The third-order valence-corrected chi connectivity index (χ3v) is 5.60. The molecule has 148 valence electrons. The highest BCUT2D eigenvalue weighted by atomic mass is 16.2. The van der Waals surface area contributed by atoms with Crippen molar-refractivity contribution in [1.82, 2.24) is 25.0 Å². The molecule has 1 saturated carbocycles. The summed E-state index contributed by atoms with van der Waals surface area (Å²) in [7, 11) is 0. The lowest BCUT2D eigenvalue weighted by Gasteiger charge is -2.26. The average Bonchev–Trinajstić information content (AvgIpc) is 3.49. The Bertz CT molecular complexity index is 844. The standard InChI is InChI=1S/C21H27N5O2/c1-2-9-25(17-5-6-17)21(28)18-14-24-26-10-7-15(11-19(18)26)12-23-20(27)16-4-3-8-22-13-16/h3-4,8,13-15,17H,2,5-7,9-12H2,1H3,(H,23,27)/t15-/m1/s1. The van der Waals surface area contributed by atoms with E-state index in [1.54, 1.807) is 30.7 Å². The predicted molar refractivity (Wildman–Crippen MR) is 105 cm³/mol. The topological polar surface area (TPSA) is 80.1 Å². The van der Waals surface area contributed by atoms with Crippen LogP contribution in [0.1, 0.15) is 59.0 Å². The van der Waals surface area contributed by atoms with Gasteiger partial charge in [0.25, 0.3) is 11.8 Å². The minimum absolute atomic E-state index is 0.105. The molecule has 2 amide bonds. The van der Waals surface area contributed by atoms with Gasteiger partial charge in [-0.2, -0.15) is 5.10 Å². The molecule has 3 heterocycles.